The predicted octanol–water partition coefficient (Wildman–Crippen LogP) is 2.01. The van der Waals surface area contributed by atoms with Crippen molar-refractivity contribution in [3.8, 4) is 0 Å². The molecule has 0 aromatic carbocycles. The quantitative estimate of drug-likeness (QED) is 0.682. The highest BCUT2D eigenvalue weighted by molar-refractivity contribution is 5.03. The van der Waals surface area contributed by atoms with Gasteiger partial charge in [0.25, 0.3) is 0 Å². The zero-order valence-electron chi connectivity index (χ0n) is 9.63. The highest BCUT2D eigenvalue weighted by Gasteiger charge is 2.12. The van der Waals surface area contributed by atoms with Crippen molar-refractivity contribution < 1.29 is 0 Å². The monoisotopic (exact) mass is 196 g/mol. The maximum absolute atomic E-state index is 5.51. The van der Waals surface area contributed by atoms with Gasteiger partial charge in [0.2, 0.25) is 0 Å². The van der Waals surface area contributed by atoms with E-state index in [4.69, 9.17) is 5.73 Å². The molecule has 2 heteroatoms. The van der Waals surface area contributed by atoms with Gasteiger partial charge in [0.1, 0.15) is 0 Å². The van der Waals surface area contributed by atoms with Gasteiger partial charge < -0.3 is 5.73 Å². The molecule has 82 valence electrons. The van der Waals surface area contributed by atoms with Crippen LogP contribution in [0.25, 0.3) is 0 Å². The second-order valence-electron chi connectivity index (χ2n) is 4.60. The van der Waals surface area contributed by atoms with Gasteiger partial charge in [0.05, 0.1) is 0 Å². The van der Waals surface area contributed by atoms with Crippen molar-refractivity contribution >= 4 is 0 Å². The fourth-order valence-electron chi connectivity index (χ4n) is 1.98. The van der Waals surface area contributed by atoms with Gasteiger partial charge in [-0.3, -0.25) is 4.90 Å². The van der Waals surface area contributed by atoms with Crippen LogP contribution in [0.4, 0.5) is 0 Å². The predicted molar refractivity (Wildman–Crippen MR) is 62.3 cm³/mol. The molecule has 0 saturated carbocycles. The van der Waals surface area contributed by atoms with Crippen molar-refractivity contribution in [2.24, 2.45) is 11.7 Å². The van der Waals surface area contributed by atoms with Crippen molar-refractivity contribution in [1.82, 2.24) is 4.90 Å². The Hall–Kier alpha value is -0.340. The molecule has 1 aliphatic rings. The van der Waals surface area contributed by atoms with E-state index in [1.807, 2.05) is 0 Å². The SMILES string of the molecule is CC1=CCN(CC(C)CCCN)CC1. The van der Waals surface area contributed by atoms with Crippen LogP contribution in [-0.2, 0) is 0 Å². The summed E-state index contributed by atoms with van der Waals surface area (Å²) in [5.74, 6) is 0.797. The molecule has 1 atom stereocenters. The summed E-state index contributed by atoms with van der Waals surface area (Å²) in [5.41, 5.74) is 7.06. The molecule has 0 amide bonds. The number of nitrogens with zero attached hydrogens (tertiary/aromatic N) is 1. The lowest BCUT2D eigenvalue weighted by Gasteiger charge is -2.27. The average molecular weight is 196 g/mol. The van der Waals surface area contributed by atoms with Gasteiger partial charge in [-0.15, -0.1) is 0 Å². The Labute approximate surface area is 88.2 Å². The van der Waals surface area contributed by atoms with E-state index in [1.54, 1.807) is 5.57 Å². The number of rotatable bonds is 5. The summed E-state index contributed by atoms with van der Waals surface area (Å²) in [6.07, 6.45) is 6.06. The maximum atomic E-state index is 5.51. The lowest BCUT2D eigenvalue weighted by molar-refractivity contribution is 0.246. The lowest BCUT2D eigenvalue weighted by atomic mass is 10.0. The minimum Gasteiger partial charge on any atom is -0.330 e. The Bertz CT molecular complexity index is 187. The first-order valence-corrected chi connectivity index (χ1v) is 5.80. The summed E-state index contributed by atoms with van der Waals surface area (Å²) in [5, 5.41) is 0. The third kappa shape index (κ3) is 4.25. The summed E-state index contributed by atoms with van der Waals surface area (Å²) in [4.78, 5) is 2.55. The van der Waals surface area contributed by atoms with Crippen molar-refractivity contribution in [1.29, 1.82) is 0 Å². The van der Waals surface area contributed by atoms with E-state index in [0.717, 1.165) is 19.0 Å². The van der Waals surface area contributed by atoms with Crippen molar-refractivity contribution in [2.45, 2.75) is 33.1 Å². The van der Waals surface area contributed by atoms with Crippen LogP contribution in [0.3, 0.4) is 0 Å². The first kappa shape index (κ1) is 11.7. The zero-order valence-corrected chi connectivity index (χ0v) is 9.63. The number of nitrogens with two attached hydrogens (primary N) is 1. The smallest absolute Gasteiger partial charge is 0.0165 e. The molecule has 1 heterocycles. The van der Waals surface area contributed by atoms with Gasteiger partial charge in [0.15, 0.2) is 0 Å². The van der Waals surface area contributed by atoms with Crippen LogP contribution in [0.1, 0.15) is 33.1 Å². The third-order valence-electron chi connectivity index (χ3n) is 2.99. The number of hydrogen-bond donors (Lipinski definition) is 1. The van der Waals surface area contributed by atoms with Gasteiger partial charge in [-0.1, -0.05) is 18.6 Å². The molecule has 1 aliphatic heterocycles. The molecule has 2 nitrogen and oxygen atoms in total. The molecule has 14 heavy (non-hydrogen) atoms. The van der Waals surface area contributed by atoms with E-state index in [9.17, 15) is 0 Å². The van der Waals surface area contributed by atoms with E-state index >= 15 is 0 Å². The largest absolute Gasteiger partial charge is 0.330 e. The first-order chi connectivity index (χ1) is 6.72. The van der Waals surface area contributed by atoms with Crippen LogP contribution in [-0.4, -0.2) is 31.1 Å². The second-order valence-corrected chi connectivity index (χ2v) is 4.60. The molecule has 0 aromatic rings. The molecule has 0 aliphatic carbocycles. The summed E-state index contributed by atoms with van der Waals surface area (Å²) >= 11 is 0. The molecule has 0 spiro atoms. The Morgan fingerprint density at radius 1 is 1.57 bits per heavy atom. The first-order valence-electron chi connectivity index (χ1n) is 5.80. The van der Waals surface area contributed by atoms with Gasteiger partial charge in [-0.2, -0.15) is 0 Å². The van der Waals surface area contributed by atoms with Crippen LogP contribution in [0, 0.1) is 5.92 Å². The van der Waals surface area contributed by atoms with Gasteiger partial charge in [0, 0.05) is 19.6 Å². The molecular formula is C12H24N2. The molecule has 0 fully saturated rings. The van der Waals surface area contributed by atoms with Crippen LogP contribution < -0.4 is 5.73 Å². The summed E-state index contributed by atoms with van der Waals surface area (Å²) < 4.78 is 0. The normalized spacial score (nSPS) is 20.6. The van der Waals surface area contributed by atoms with Crippen molar-refractivity contribution in [3.05, 3.63) is 11.6 Å². The molecular weight excluding hydrogens is 172 g/mol. The Balaban J connectivity index is 2.18. The van der Waals surface area contributed by atoms with Crippen LogP contribution in [0.15, 0.2) is 11.6 Å². The topological polar surface area (TPSA) is 29.3 Å². The average Bonchev–Trinajstić information content (AvgIpc) is 2.18. The van der Waals surface area contributed by atoms with Gasteiger partial charge in [-0.05, 0) is 38.6 Å². The summed E-state index contributed by atoms with van der Waals surface area (Å²) in [6, 6.07) is 0. The maximum Gasteiger partial charge on any atom is 0.0165 e. The van der Waals surface area contributed by atoms with E-state index < -0.39 is 0 Å². The molecule has 2 N–H and O–H groups in total. The molecule has 0 bridgehead atoms. The summed E-state index contributed by atoms with van der Waals surface area (Å²) in [6.45, 7) is 9.04. The minimum atomic E-state index is 0.797. The van der Waals surface area contributed by atoms with Crippen molar-refractivity contribution in [3.63, 3.8) is 0 Å². The minimum absolute atomic E-state index is 0.797. The van der Waals surface area contributed by atoms with E-state index in [-0.39, 0.29) is 0 Å². The fraction of sp³-hybridized carbons (Fsp3) is 0.833. The third-order valence-corrected chi connectivity index (χ3v) is 2.99. The van der Waals surface area contributed by atoms with Crippen LogP contribution >= 0.6 is 0 Å². The van der Waals surface area contributed by atoms with Crippen LogP contribution in [0.2, 0.25) is 0 Å². The molecule has 0 saturated heterocycles. The lowest BCUT2D eigenvalue weighted by Crippen LogP contribution is -2.32. The highest BCUT2D eigenvalue weighted by atomic mass is 15.1. The van der Waals surface area contributed by atoms with Crippen LogP contribution in [0.5, 0.6) is 0 Å². The molecule has 0 radical (unpaired) electrons. The summed E-state index contributed by atoms with van der Waals surface area (Å²) in [7, 11) is 0. The standard InChI is InChI=1S/C12H24N2/c1-11-5-8-14(9-6-11)10-12(2)4-3-7-13/h5,12H,3-4,6-10,13H2,1-2H3. The van der Waals surface area contributed by atoms with E-state index in [2.05, 4.69) is 24.8 Å². The molecule has 1 rings (SSSR count). The van der Waals surface area contributed by atoms with Crippen molar-refractivity contribution in [2.75, 3.05) is 26.2 Å². The van der Waals surface area contributed by atoms with Gasteiger partial charge in [-0.25, -0.2) is 0 Å². The van der Waals surface area contributed by atoms with E-state index in [0.29, 0.717) is 0 Å². The Morgan fingerprint density at radius 2 is 2.36 bits per heavy atom. The Kier molecular flexibility index (Phi) is 5.20. The molecule has 1 unspecified atom stereocenters. The fourth-order valence-corrected chi connectivity index (χ4v) is 1.98. The van der Waals surface area contributed by atoms with Gasteiger partial charge >= 0.3 is 0 Å². The number of hydrogen-bond acceptors (Lipinski definition) is 2. The Morgan fingerprint density at radius 3 is 2.93 bits per heavy atom. The highest BCUT2D eigenvalue weighted by Crippen LogP contribution is 2.13. The zero-order chi connectivity index (χ0) is 10.4. The second kappa shape index (κ2) is 6.20. The molecule has 0 aromatic heterocycles. The van der Waals surface area contributed by atoms with E-state index in [1.165, 1.54) is 32.4 Å².